The molecule has 2 saturated heterocycles. The Bertz CT molecular complexity index is 768. The normalized spacial score (nSPS) is 16.6. The van der Waals surface area contributed by atoms with E-state index in [1.54, 1.807) is 0 Å². The number of hydrogen-bond donors (Lipinski definition) is 2. The van der Waals surface area contributed by atoms with Gasteiger partial charge in [-0.15, -0.1) is 0 Å². The van der Waals surface area contributed by atoms with Gasteiger partial charge in [0, 0.05) is 31.7 Å². The van der Waals surface area contributed by atoms with Gasteiger partial charge in [0.15, 0.2) is 0 Å². The summed E-state index contributed by atoms with van der Waals surface area (Å²) in [4.78, 5) is 30.0. The first-order valence-corrected chi connectivity index (χ1v) is 9.27. The summed E-state index contributed by atoms with van der Waals surface area (Å²) < 4.78 is 13.0. The Morgan fingerprint density at radius 2 is 1.37 bits per heavy atom. The zero-order valence-electron chi connectivity index (χ0n) is 15.0. The van der Waals surface area contributed by atoms with E-state index in [1.807, 2.05) is 0 Å². The number of amides is 1. The maximum atomic E-state index is 13.0. The highest BCUT2D eigenvalue weighted by Gasteiger charge is 2.21. The topological polar surface area (TPSA) is 86.3 Å². The molecule has 4 rings (SSSR count). The Morgan fingerprint density at radius 3 is 1.89 bits per heavy atom. The Labute approximate surface area is 156 Å². The number of carbonyl (C=O) groups excluding carboxylic acids is 1. The third-order valence-electron chi connectivity index (χ3n) is 4.78. The molecule has 0 atom stereocenters. The van der Waals surface area contributed by atoms with Gasteiger partial charge >= 0.3 is 0 Å². The number of benzene rings is 1. The average Bonchev–Trinajstić information content (AvgIpc) is 3.40. The molecule has 2 fully saturated rings. The highest BCUT2D eigenvalue weighted by atomic mass is 19.1. The number of rotatable bonds is 5. The van der Waals surface area contributed by atoms with Crippen molar-refractivity contribution in [2.75, 3.05) is 41.4 Å². The number of anilines is 3. The molecule has 0 radical (unpaired) electrons. The largest absolute Gasteiger partial charge is 0.341 e. The van der Waals surface area contributed by atoms with Gasteiger partial charge in [0.05, 0.1) is 0 Å². The lowest BCUT2D eigenvalue weighted by molar-refractivity contribution is 0.0962. The van der Waals surface area contributed by atoms with Crippen LogP contribution in [-0.4, -0.2) is 47.0 Å². The van der Waals surface area contributed by atoms with Gasteiger partial charge in [-0.3, -0.25) is 15.6 Å². The number of hydrogen-bond acceptors (Lipinski definition) is 7. The molecule has 1 amide bonds. The number of aromatic nitrogens is 3. The second-order valence-corrected chi connectivity index (χ2v) is 6.73. The molecule has 142 valence electrons. The van der Waals surface area contributed by atoms with Gasteiger partial charge in [-0.25, -0.2) is 4.39 Å². The van der Waals surface area contributed by atoms with Gasteiger partial charge in [0.25, 0.3) is 5.91 Å². The highest BCUT2D eigenvalue weighted by Crippen LogP contribution is 2.22. The van der Waals surface area contributed by atoms with Gasteiger partial charge in [0.1, 0.15) is 5.82 Å². The fraction of sp³-hybridized carbons (Fsp3) is 0.444. The van der Waals surface area contributed by atoms with Gasteiger partial charge < -0.3 is 9.80 Å². The molecule has 0 spiro atoms. The van der Waals surface area contributed by atoms with Crippen LogP contribution in [0.5, 0.6) is 0 Å². The molecular weight excluding hydrogens is 349 g/mol. The molecule has 2 aliphatic rings. The van der Waals surface area contributed by atoms with Crippen LogP contribution in [0.25, 0.3) is 0 Å². The summed E-state index contributed by atoms with van der Waals surface area (Å²) in [5.74, 6) is 0.776. The second-order valence-electron chi connectivity index (χ2n) is 6.73. The molecule has 0 bridgehead atoms. The zero-order chi connectivity index (χ0) is 18.6. The fourth-order valence-corrected chi connectivity index (χ4v) is 3.31. The molecule has 0 saturated carbocycles. The third kappa shape index (κ3) is 4.07. The lowest BCUT2D eigenvalue weighted by Gasteiger charge is -2.20. The van der Waals surface area contributed by atoms with Gasteiger partial charge in [-0.05, 0) is 49.9 Å². The predicted octanol–water partition coefficient (Wildman–Crippen LogP) is 1.97. The molecule has 2 aromatic rings. The van der Waals surface area contributed by atoms with Crippen LogP contribution < -0.4 is 20.7 Å². The summed E-state index contributed by atoms with van der Waals surface area (Å²) in [7, 11) is 0. The Kier molecular flexibility index (Phi) is 4.99. The van der Waals surface area contributed by atoms with Crippen LogP contribution in [0.4, 0.5) is 22.2 Å². The number of hydrazine groups is 1. The van der Waals surface area contributed by atoms with Crippen molar-refractivity contribution < 1.29 is 9.18 Å². The van der Waals surface area contributed by atoms with E-state index in [2.05, 4.69) is 35.6 Å². The number of nitrogens with zero attached hydrogens (tertiary/aromatic N) is 5. The summed E-state index contributed by atoms with van der Waals surface area (Å²) >= 11 is 0. The standard InChI is InChI=1S/C18H22FN7O/c19-14-7-5-13(6-8-14)15(27)23-24-16-20-17(25-9-1-2-10-25)22-18(21-16)26-11-3-4-12-26/h5-8H,1-4,9-12H2,(H,23,27)(H,20,21,22,24). The first-order valence-electron chi connectivity index (χ1n) is 9.27. The van der Waals surface area contributed by atoms with E-state index >= 15 is 0 Å². The van der Waals surface area contributed by atoms with E-state index in [4.69, 9.17) is 0 Å². The average molecular weight is 371 g/mol. The zero-order valence-corrected chi connectivity index (χ0v) is 15.0. The van der Waals surface area contributed by atoms with Crippen LogP contribution in [-0.2, 0) is 0 Å². The molecular formula is C18H22FN7O. The van der Waals surface area contributed by atoms with Crippen molar-refractivity contribution in [1.29, 1.82) is 0 Å². The molecule has 1 aromatic carbocycles. The minimum atomic E-state index is -0.388. The minimum absolute atomic E-state index is 0.296. The lowest BCUT2D eigenvalue weighted by Crippen LogP contribution is -2.32. The summed E-state index contributed by atoms with van der Waals surface area (Å²) in [6, 6.07) is 5.33. The lowest BCUT2D eigenvalue weighted by atomic mass is 10.2. The summed E-state index contributed by atoms with van der Waals surface area (Å²) in [6.07, 6.45) is 4.48. The Balaban J connectivity index is 1.51. The monoisotopic (exact) mass is 371 g/mol. The van der Waals surface area contributed by atoms with Crippen molar-refractivity contribution in [3.63, 3.8) is 0 Å². The highest BCUT2D eigenvalue weighted by molar-refractivity contribution is 5.94. The number of nitrogens with one attached hydrogen (secondary N) is 2. The Hall–Kier alpha value is -2.97. The van der Waals surface area contributed by atoms with E-state index in [-0.39, 0.29) is 11.7 Å². The first-order chi connectivity index (χ1) is 13.2. The van der Waals surface area contributed by atoms with Crippen LogP contribution in [0.3, 0.4) is 0 Å². The van der Waals surface area contributed by atoms with Crippen molar-refractivity contribution in [2.45, 2.75) is 25.7 Å². The Morgan fingerprint density at radius 1 is 0.852 bits per heavy atom. The number of carbonyl (C=O) groups is 1. The summed E-state index contributed by atoms with van der Waals surface area (Å²) in [5.41, 5.74) is 5.69. The molecule has 9 heteroatoms. The summed E-state index contributed by atoms with van der Waals surface area (Å²) in [5, 5.41) is 0. The third-order valence-corrected chi connectivity index (χ3v) is 4.78. The van der Waals surface area contributed by atoms with E-state index in [0.29, 0.717) is 23.4 Å². The van der Waals surface area contributed by atoms with E-state index in [9.17, 15) is 9.18 Å². The molecule has 27 heavy (non-hydrogen) atoms. The molecule has 0 unspecified atom stereocenters. The second kappa shape index (κ2) is 7.73. The van der Waals surface area contributed by atoms with Crippen molar-refractivity contribution >= 4 is 23.8 Å². The smallest absolute Gasteiger partial charge is 0.269 e. The minimum Gasteiger partial charge on any atom is -0.341 e. The van der Waals surface area contributed by atoms with Crippen LogP contribution >= 0.6 is 0 Å². The van der Waals surface area contributed by atoms with Crippen LogP contribution in [0, 0.1) is 5.82 Å². The van der Waals surface area contributed by atoms with Crippen molar-refractivity contribution in [3.8, 4) is 0 Å². The first kappa shape index (κ1) is 17.4. The van der Waals surface area contributed by atoms with E-state index < -0.39 is 0 Å². The number of halogens is 1. The fourth-order valence-electron chi connectivity index (χ4n) is 3.31. The van der Waals surface area contributed by atoms with Gasteiger partial charge in [-0.2, -0.15) is 15.0 Å². The van der Waals surface area contributed by atoms with Crippen molar-refractivity contribution in [3.05, 3.63) is 35.6 Å². The molecule has 8 nitrogen and oxygen atoms in total. The van der Waals surface area contributed by atoms with Crippen molar-refractivity contribution in [1.82, 2.24) is 20.4 Å². The van der Waals surface area contributed by atoms with E-state index in [1.165, 1.54) is 24.3 Å². The predicted molar refractivity (Wildman–Crippen MR) is 100 cm³/mol. The maximum absolute atomic E-state index is 13.0. The molecule has 1 aromatic heterocycles. The van der Waals surface area contributed by atoms with Gasteiger partial charge in [0.2, 0.25) is 17.8 Å². The SMILES string of the molecule is O=C(NNc1nc(N2CCCC2)nc(N2CCCC2)n1)c1ccc(F)cc1. The maximum Gasteiger partial charge on any atom is 0.269 e. The quantitative estimate of drug-likeness (QED) is 0.777. The molecule has 3 heterocycles. The molecule has 2 N–H and O–H groups in total. The van der Waals surface area contributed by atoms with Crippen LogP contribution in [0.2, 0.25) is 0 Å². The van der Waals surface area contributed by atoms with Crippen molar-refractivity contribution in [2.24, 2.45) is 0 Å². The van der Waals surface area contributed by atoms with Crippen LogP contribution in [0.15, 0.2) is 24.3 Å². The van der Waals surface area contributed by atoms with E-state index in [0.717, 1.165) is 51.9 Å². The molecule has 2 aliphatic heterocycles. The summed E-state index contributed by atoms with van der Waals surface area (Å²) in [6.45, 7) is 3.69. The van der Waals surface area contributed by atoms with Crippen LogP contribution in [0.1, 0.15) is 36.0 Å². The van der Waals surface area contributed by atoms with Gasteiger partial charge in [-0.1, -0.05) is 0 Å². The molecule has 0 aliphatic carbocycles.